The molecule has 0 saturated heterocycles. The summed E-state index contributed by atoms with van der Waals surface area (Å²) >= 11 is 0. The van der Waals surface area contributed by atoms with Gasteiger partial charge >= 0.3 is 59.1 Å². The monoisotopic (exact) mass is 821 g/mol. The van der Waals surface area contributed by atoms with Crippen molar-refractivity contribution < 1.29 is 103 Å². The average Bonchev–Trinajstić information content (AvgIpc) is 3.10. The fourth-order valence-electron chi connectivity index (χ4n) is 6.39. The van der Waals surface area contributed by atoms with Gasteiger partial charge in [-0.2, -0.15) is 8.42 Å². The fourth-order valence-corrected chi connectivity index (χ4v) is 8.17. The van der Waals surface area contributed by atoms with E-state index in [0.29, 0.717) is 54.0 Å². The summed E-state index contributed by atoms with van der Waals surface area (Å²) in [6.45, 7) is 9.45. The maximum atomic E-state index is 12.6. The van der Waals surface area contributed by atoms with Crippen molar-refractivity contribution in [3.05, 3.63) is 148 Å². The molecule has 55 heavy (non-hydrogen) atoms. The van der Waals surface area contributed by atoms with Crippen LogP contribution >= 0.6 is 0 Å². The van der Waals surface area contributed by atoms with Crippen LogP contribution in [0.15, 0.2) is 135 Å². The molecule has 0 radical (unpaired) electrons. The minimum atomic E-state index is -4.88. The molecule has 278 valence electrons. The summed E-state index contributed by atoms with van der Waals surface area (Å²) in [6, 6.07) is 23.7. The number of benzene rings is 4. The second-order valence-electron chi connectivity index (χ2n) is 12.6. The Bertz CT molecular complexity index is 2550. The maximum absolute atomic E-state index is 12.6. The molecule has 0 bridgehead atoms. The summed E-state index contributed by atoms with van der Waals surface area (Å²) in [5, 5.41) is 0. The molecule has 0 spiro atoms. The van der Waals surface area contributed by atoms with Crippen LogP contribution < -0.4 is 64.0 Å². The molecule has 11 nitrogen and oxygen atoms in total. The quantitative estimate of drug-likeness (QED) is 0.117. The number of nitrogens with zero attached hydrogens (tertiary/aromatic N) is 2. The van der Waals surface area contributed by atoms with E-state index in [4.69, 9.17) is 0 Å². The molecule has 0 atom stereocenters. The molecule has 0 heterocycles. The molecule has 1 aliphatic rings. The molecular formula is C39H39N2Na2O9S3+. The molecule has 0 aromatic heterocycles. The number of hydrogen-bond acceptors (Lipinski definition) is 9. The number of rotatable bonds is 12. The summed E-state index contributed by atoms with van der Waals surface area (Å²) in [6.07, 6.45) is 5.69. The second kappa shape index (κ2) is 19.2. The standard InChI is InChI=1S/C39H40N2O9S3.2Na/c1-5-40(25-29-11-9-13-33(23-29)51(42,43)44)31-17-19-35(27(3)21-31)39(37-15-7-8-16-38(37)53(48,49)50)36-20-18-32(22-28(36)4)41(6-2)26-30-12-10-14-34(24-30)52(45,46)47;;/h7-24H,5-6,25-26H2,1-4H3,(H2-,42,43,44,45,46,47,48,49,50);;/q;2*+1/p-1. The van der Waals surface area contributed by atoms with E-state index < -0.39 is 30.4 Å². The third-order valence-corrected chi connectivity index (χ3v) is 11.6. The molecule has 5 rings (SSSR count). The van der Waals surface area contributed by atoms with Crippen molar-refractivity contribution in [2.75, 3.05) is 18.0 Å². The molecule has 0 aliphatic heterocycles. The van der Waals surface area contributed by atoms with E-state index in [0.717, 1.165) is 22.5 Å². The zero-order valence-corrected chi connectivity index (χ0v) is 38.0. The van der Waals surface area contributed by atoms with Crippen LogP contribution in [0.5, 0.6) is 0 Å². The number of hydrogen-bond donors (Lipinski definition) is 1. The van der Waals surface area contributed by atoms with Crippen LogP contribution in [0.3, 0.4) is 0 Å². The first-order valence-electron chi connectivity index (χ1n) is 16.7. The Hall–Kier alpha value is -2.70. The smallest absolute Gasteiger partial charge is 0.744 e. The number of aryl methyl sites for hydroxylation is 1. The molecule has 0 saturated carbocycles. The van der Waals surface area contributed by atoms with Crippen LogP contribution in [0.1, 0.15) is 48.6 Å². The third kappa shape index (κ3) is 11.5. The summed E-state index contributed by atoms with van der Waals surface area (Å²) in [5.74, 6) is 0. The Balaban J connectivity index is 0.00000406. The van der Waals surface area contributed by atoms with Crippen LogP contribution in [0.4, 0.5) is 5.69 Å². The Morgan fingerprint density at radius 3 is 1.95 bits per heavy atom. The van der Waals surface area contributed by atoms with Gasteiger partial charge in [-0.05, 0) is 110 Å². The summed E-state index contributed by atoms with van der Waals surface area (Å²) < 4.78 is 108. The Labute approximate surface area is 368 Å². The van der Waals surface area contributed by atoms with E-state index in [2.05, 4.69) is 0 Å². The van der Waals surface area contributed by atoms with Gasteiger partial charge in [0.1, 0.15) is 26.8 Å². The molecule has 1 aliphatic carbocycles. The van der Waals surface area contributed by atoms with E-state index in [1.165, 1.54) is 42.5 Å². The Morgan fingerprint density at radius 1 is 0.727 bits per heavy atom. The normalized spacial score (nSPS) is 15.0. The minimum Gasteiger partial charge on any atom is -0.744 e. The topological polar surface area (TPSA) is 175 Å². The van der Waals surface area contributed by atoms with E-state index >= 15 is 0 Å². The zero-order valence-electron chi connectivity index (χ0n) is 31.6. The van der Waals surface area contributed by atoms with Gasteiger partial charge in [-0.1, -0.05) is 48.5 Å². The second-order valence-corrected chi connectivity index (χ2v) is 16.7. The third-order valence-electron chi connectivity index (χ3n) is 9.01. The van der Waals surface area contributed by atoms with Gasteiger partial charge in [0.25, 0.3) is 10.1 Å². The number of anilines is 1. The zero-order chi connectivity index (χ0) is 38.7. The molecule has 1 N–H and O–H groups in total. The van der Waals surface area contributed by atoms with Crippen molar-refractivity contribution in [3.8, 4) is 0 Å². The van der Waals surface area contributed by atoms with Crippen molar-refractivity contribution >= 4 is 47.3 Å². The molecule has 0 fully saturated rings. The van der Waals surface area contributed by atoms with E-state index in [1.807, 2.05) is 73.6 Å². The van der Waals surface area contributed by atoms with Gasteiger partial charge in [0.2, 0.25) is 0 Å². The van der Waals surface area contributed by atoms with Crippen LogP contribution in [0, 0.1) is 6.92 Å². The van der Waals surface area contributed by atoms with Crippen molar-refractivity contribution in [2.45, 2.75) is 55.5 Å². The van der Waals surface area contributed by atoms with Crippen LogP contribution in [-0.2, 0) is 43.4 Å². The van der Waals surface area contributed by atoms with Crippen LogP contribution in [0.2, 0.25) is 0 Å². The van der Waals surface area contributed by atoms with Gasteiger partial charge < -0.3 is 14.0 Å². The predicted octanol–water partition coefficient (Wildman–Crippen LogP) is 0.0760. The summed E-state index contributed by atoms with van der Waals surface area (Å²) in [4.78, 5) is 1.14. The first-order valence-corrected chi connectivity index (χ1v) is 20.9. The van der Waals surface area contributed by atoms with Gasteiger partial charge in [0, 0.05) is 42.1 Å². The van der Waals surface area contributed by atoms with Crippen molar-refractivity contribution in [3.63, 3.8) is 0 Å². The largest absolute Gasteiger partial charge is 1.00 e. The number of allylic oxidation sites excluding steroid dienone is 5. The van der Waals surface area contributed by atoms with Gasteiger partial charge in [-0.15, -0.1) is 0 Å². The molecule has 0 amide bonds. The first kappa shape index (κ1) is 46.7. The average molecular weight is 822 g/mol. The molecule has 4 aromatic rings. The van der Waals surface area contributed by atoms with Crippen molar-refractivity contribution in [1.29, 1.82) is 0 Å². The molecule has 16 heteroatoms. The first-order chi connectivity index (χ1) is 24.9. The molecular weight excluding hydrogens is 783 g/mol. The molecule has 0 unspecified atom stereocenters. The van der Waals surface area contributed by atoms with E-state index in [1.54, 1.807) is 30.3 Å². The van der Waals surface area contributed by atoms with Crippen LogP contribution in [-0.4, -0.2) is 62.3 Å². The van der Waals surface area contributed by atoms with Crippen molar-refractivity contribution in [2.24, 2.45) is 0 Å². The Kier molecular flexibility index (Phi) is 16.3. The van der Waals surface area contributed by atoms with E-state index in [9.17, 15) is 38.9 Å². The minimum absolute atomic E-state index is 0. The van der Waals surface area contributed by atoms with Crippen LogP contribution in [0.25, 0.3) is 5.57 Å². The summed E-state index contributed by atoms with van der Waals surface area (Å²) in [5.41, 5.74) is 6.64. The maximum Gasteiger partial charge on any atom is 1.00 e. The fraction of sp³-hybridized carbons (Fsp3) is 0.205. The molecule has 4 aromatic carbocycles. The van der Waals surface area contributed by atoms with Gasteiger partial charge in [0.05, 0.1) is 14.7 Å². The summed E-state index contributed by atoms with van der Waals surface area (Å²) in [7, 11) is -13.9. The van der Waals surface area contributed by atoms with E-state index in [-0.39, 0.29) is 79.4 Å². The Morgan fingerprint density at radius 2 is 1.36 bits per heavy atom. The SMILES string of the molecule is CCN(Cc1cccc(S(=O)(=O)[O-])c1)c1ccc(C(=C2C=CC(=[N+](CC)Cc3cccc(S(=O)(=O)O)c3)C=C2C)c2ccccc2S(=O)(=O)[O-])c(C)c1.[Na+].[Na+]. The van der Waals surface area contributed by atoms with Gasteiger partial charge in [-0.3, -0.25) is 4.55 Å². The van der Waals surface area contributed by atoms with Gasteiger partial charge in [0.15, 0.2) is 12.3 Å². The van der Waals surface area contributed by atoms with Crippen molar-refractivity contribution in [1.82, 2.24) is 0 Å². The van der Waals surface area contributed by atoms with Gasteiger partial charge in [-0.25, -0.2) is 21.4 Å². The predicted molar refractivity (Wildman–Crippen MR) is 201 cm³/mol.